The molecule has 0 aliphatic rings. The van der Waals surface area contributed by atoms with Crippen LogP contribution in [0.1, 0.15) is 38.3 Å². The summed E-state index contributed by atoms with van der Waals surface area (Å²) in [7, 11) is 1.57. The first kappa shape index (κ1) is 22.3. The average Bonchev–Trinajstić information content (AvgIpc) is 3.40. The number of hydrogen-bond donors (Lipinski definition) is 3. The Morgan fingerprint density at radius 1 is 1.15 bits per heavy atom. The molecule has 0 spiro atoms. The van der Waals surface area contributed by atoms with E-state index in [4.69, 9.17) is 9.47 Å². The second-order valence-electron chi connectivity index (χ2n) is 7.25. The summed E-state index contributed by atoms with van der Waals surface area (Å²) in [6.45, 7) is 4.50. The van der Waals surface area contributed by atoms with E-state index in [0.29, 0.717) is 28.4 Å². The van der Waals surface area contributed by atoms with Crippen LogP contribution in [0.15, 0.2) is 48.8 Å². The number of hydrogen-bond acceptors (Lipinski definition) is 7. The molecule has 0 aliphatic heterocycles. The normalized spacial score (nSPS) is 10.8. The molecule has 1 amide bonds. The molecule has 33 heavy (non-hydrogen) atoms. The number of ether oxygens (including phenoxy) is 2. The van der Waals surface area contributed by atoms with Crippen molar-refractivity contribution in [1.29, 1.82) is 0 Å². The van der Waals surface area contributed by atoms with Crippen LogP contribution in [0.4, 0.5) is 11.4 Å². The van der Waals surface area contributed by atoms with E-state index in [9.17, 15) is 9.59 Å². The second kappa shape index (κ2) is 9.74. The third kappa shape index (κ3) is 4.83. The van der Waals surface area contributed by atoms with E-state index in [0.717, 1.165) is 27.2 Å². The minimum atomic E-state index is -0.467. The Morgan fingerprint density at radius 2 is 1.94 bits per heavy atom. The maximum Gasteiger partial charge on any atom is 0.350 e. The summed E-state index contributed by atoms with van der Waals surface area (Å²) in [5.41, 5.74) is 3.65. The maximum absolute atomic E-state index is 13.0. The molecule has 2 aromatic carbocycles. The van der Waals surface area contributed by atoms with E-state index in [-0.39, 0.29) is 12.5 Å². The Labute approximate surface area is 195 Å². The zero-order chi connectivity index (χ0) is 23.4. The molecule has 0 radical (unpaired) electrons. The third-order valence-electron chi connectivity index (χ3n) is 5.13. The number of carbonyl (C=O) groups excluding carboxylic acids is 2. The number of carbonyl (C=O) groups is 2. The standard InChI is InChI=1S/C24H24N4O4S/c1-4-32-24(30)22-21(28-23(29)15-5-8-17(31-3)9-6-15)18-11-16(7-10-20(18)33-22)25-12-19-14(2)26-13-27-19/h5-11,13,25H,4,12H2,1-3H3,(H,26,27)(H,28,29). The highest BCUT2D eigenvalue weighted by Crippen LogP contribution is 2.38. The minimum Gasteiger partial charge on any atom is -0.497 e. The first-order valence-corrected chi connectivity index (χ1v) is 11.2. The molecule has 0 saturated heterocycles. The number of aromatic amines is 1. The molecule has 0 saturated carbocycles. The van der Waals surface area contributed by atoms with Gasteiger partial charge >= 0.3 is 5.97 Å². The van der Waals surface area contributed by atoms with E-state index >= 15 is 0 Å². The Kier molecular flexibility index (Phi) is 6.60. The summed E-state index contributed by atoms with van der Waals surface area (Å²) in [6.07, 6.45) is 1.66. The minimum absolute atomic E-state index is 0.245. The molecule has 3 N–H and O–H groups in total. The van der Waals surface area contributed by atoms with Crippen molar-refractivity contribution in [2.24, 2.45) is 0 Å². The summed E-state index contributed by atoms with van der Waals surface area (Å²) < 4.78 is 11.3. The van der Waals surface area contributed by atoms with Crippen LogP contribution in [0.2, 0.25) is 0 Å². The van der Waals surface area contributed by atoms with Gasteiger partial charge in [0.05, 0.1) is 38.0 Å². The van der Waals surface area contributed by atoms with E-state index in [1.807, 2.05) is 25.1 Å². The number of esters is 1. The Balaban J connectivity index is 1.67. The Morgan fingerprint density at radius 3 is 2.61 bits per heavy atom. The molecule has 0 unspecified atom stereocenters. The van der Waals surface area contributed by atoms with Crippen LogP contribution in [-0.2, 0) is 11.3 Å². The van der Waals surface area contributed by atoms with Crippen LogP contribution in [-0.4, -0.2) is 35.6 Å². The fraction of sp³-hybridized carbons (Fsp3) is 0.208. The van der Waals surface area contributed by atoms with Gasteiger partial charge in [-0.2, -0.15) is 0 Å². The lowest BCUT2D eigenvalue weighted by Crippen LogP contribution is -2.14. The molecule has 4 aromatic rings. The number of rotatable bonds is 8. The van der Waals surface area contributed by atoms with E-state index in [2.05, 4.69) is 20.6 Å². The van der Waals surface area contributed by atoms with Crippen molar-refractivity contribution in [3.63, 3.8) is 0 Å². The summed E-state index contributed by atoms with van der Waals surface area (Å²) in [6, 6.07) is 12.5. The fourth-order valence-corrected chi connectivity index (χ4v) is 4.38. The van der Waals surface area contributed by atoms with Gasteiger partial charge in [-0.3, -0.25) is 4.79 Å². The molecule has 0 bridgehead atoms. The van der Waals surface area contributed by atoms with Crippen molar-refractivity contribution in [3.8, 4) is 5.75 Å². The van der Waals surface area contributed by atoms with Crippen molar-refractivity contribution < 1.29 is 19.1 Å². The maximum atomic E-state index is 13.0. The highest BCUT2D eigenvalue weighted by Gasteiger charge is 2.22. The molecule has 0 atom stereocenters. The summed E-state index contributed by atoms with van der Waals surface area (Å²) in [4.78, 5) is 33.3. The predicted octanol–water partition coefficient (Wildman–Crippen LogP) is 4.98. The molecule has 0 fully saturated rings. The van der Waals surface area contributed by atoms with Gasteiger partial charge in [0.25, 0.3) is 5.91 Å². The van der Waals surface area contributed by atoms with E-state index in [1.165, 1.54) is 11.3 Å². The zero-order valence-electron chi connectivity index (χ0n) is 18.5. The smallest absolute Gasteiger partial charge is 0.350 e. The first-order chi connectivity index (χ1) is 16.0. The van der Waals surface area contributed by atoms with Crippen molar-refractivity contribution in [3.05, 3.63) is 70.6 Å². The van der Waals surface area contributed by atoms with Crippen LogP contribution in [0, 0.1) is 6.92 Å². The monoisotopic (exact) mass is 464 g/mol. The van der Waals surface area contributed by atoms with Crippen LogP contribution < -0.4 is 15.4 Å². The van der Waals surface area contributed by atoms with Gasteiger partial charge in [0.1, 0.15) is 10.6 Å². The van der Waals surface area contributed by atoms with Crippen LogP contribution in [0.3, 0.4) is 0 Å². The van der Waals surface area contributed by atoms with Crippen LogP contribution >= 0.6 is 11.3 Å². The first-order valence-electron chi connectivity index (χ1n) is 10.4. The second-order valence-corrected chi connectivity index (χ2v) is 8.30. The lowest BCUT2D eigenvalue weighted by atomic mass is 10.1. The SMILES string of the molecule is CCOC(=O)c1sc2ccc(NCc3nc[nH]c3C)cc2c1NC(=O)c1ccc(OC)cc1. The van der Waals surface area contributed by atoms with Crippen molar-refractivity contribution in [1.82, 2.24) is 9.97 Å². The topological polar surface area (TPSA) is 105 Å². The number of amides is 1. The number of methoxy groups -OCH3 is 1. The molecule has 9 heteroatoms. The van der Waals surface area contributed by atoms with Crippen molar-refractivity contribution in [2.45, 2.75) is 20.4 Å². The highest BCUT2D eigenvalue weighted by molar-refractivity contribution is 7.21. The molecule has 2 heterocycles. The van der Waals surface area contributed by atoms with Crippen LogP contribution in [0.5, 0.6) is 5.75 Å². The van der Waals surface area contributed by atoms with E-state index < -0.39 is 5.97 Å². The van der Waals surface area contributed by atoms with Gasteiger partial charge in [-0.25, -0.2) is 9.78 Å². The molecule has 2 aromatic heterocycles. The van der Waals surface area contributed by atoms with E-state index in [1.54, 1.807) is 44.6 Å². The summed E-state index contributed by atoms with van der Waals surface area (Å²) in [5, 5.41) is 7.02. The highest BCUT2D eigenvalue weighted by atomic mass is 32.1. The van der Waals surface area contributed by atoms with Crippen molar-refractivity contribution >= 4 is 44.7 Å². The molecular formula is C24H24N4O4S. The van der Waals surface area contributed by atoms with Gasteiger partial charge in [0.2, 0.25) is 0 Å². The number of benzene rings is 2. The Bertz CT molecular complexity index is 1290. The molecule has 4 rings (SSSR count). The summed E-state index contributed by atoms with van der Waals surface area (Å²) in [5.74, 6) is -0.138. The average molecular weight is 465 g/mol. The summed E-state index contributed by atoms with van der Waals surface area (Å²) >= 11 is 1.29. The van der Waals surface area contributed by atoms with Gasteiger partial charge in [-0.1, -0.05) is 0 Å². The number of nitrogens with one attached hydrogen (secondary N) is 3. The molecule has 0 aliphatic carbocycles. The van der Waals surface area contributed by atoms with Crippen molar-refractivity contribution in [2.75, 3.05) is 24.4 Å². The van der Waals surface area contributed by atoms with Gasteiger partial charge in [0.15, 0.2) is 0 Å². The number of thiophene rings is 1. The number of fused-ring (bicyclic) bond motifs is 1. The number of aromatic nitrogens is 2. The predicted molar refractivity (Wildman–Crippen MR) is 129 cm³/mol. The quantitative estimate of drug-likeness (QED) is 0.318. The number of H-pyrrole nitrogens is 1. The lowest BCUT2D eigenvalue weighted by Gasteiger charge is -2.09. The fourth-order valence-electron chi connectivity index (χ4n) is 3.35. The molecule has 170 valence electrons. The number of imidazole rings is 1. The largest absolute Gasteiger partial charge is 0.497 e. The van der Waals surface area contributed by atoms with Gasteiger partial charge in [-0.05, 0) is 56.3 Å². The van der Waals surface area contributed by atoms with Gasteiger partial charge < -0.3 is 25.1 Å². The van der Waals surface area contributed by atoms with Crippen LogP contribution in [0.25, 0.3) is 10.1 Å². The molecular weight excluding hydrogens is 440 g/mol. The lowest BCUT2D eigenvalue weighted by molar-refractivity contribution is 0.0533. The van der Waals surface area contributed by atoms with Gasteiger partial charge in [0, 0.05) is 27.0 Å². The Hall–Kier alpha value is -3.85. The number of anilines is 2. The zero-order valence-corrected chi connectivity index (χ0v) is 19.3. The number of aryl methyl sites for hydroxylation is 1. The molecule has 8 nitrogen and oxygen atoms in total. The third-order valence-corrected chi connectivity index (χ3v) is 6.28. The number of nitrogens with zero attached hydrogens (tertiary/aromatic N) is 1. The van der Waals surface area contributed by atoms with Gasteiger partial charge in [-0.15, -0.1) is 11.3 Å².